The van der Waals surface area contributed by atoms with Gasteiger partial charge in [0.2, 0.25) is 5.91 Å². The van der Waals surface area contributed by atoms with Crippen LogP contribution in [-0.2, 0) is 20.0 Å². The lowest BCUT2D eigenvalue weighted by Gasteiger charge is -2.38. The van der Waals surface area contributed by atoms with E-state index in [1.165, 1.54) is 41.3 Å². The number of rotatable bonds is 5. The van der Waals surface area contributed by atoms with Gasteiger partial charge in [0.1, 0.15) is 11.8 Å². The van der Waals surface area contributed by atoms with E-state index in [0.717, 1.165) is 0 Å². The summed E-state index contributed by atoms with van der Waals surface area (Å²) >= 11 is 0. The van der Waals surface area contributed by atoms with E-state index in [4.69, 9.17) is 0 Å². The second-order valence-electron chi connectivity index (χ2n) is 9.22. The summed E-state index contributed by atoms with van der Waals surface area (Å²) in [6.07, 6.45) is 0. The summed E-state index contributed by atoms with van der Waals surface area (Å²) in [7, 11) is -3.19. The Morgan fingerprint density at radius 1 is 1.21 bits per heavy atom. The molecule has 0 atom stereocenters. The molecule has 178 valence electrons. The molecule has 2 aliphatic rings. The summed E-state index contributed by atoms with van der Waals surface area (Å²) in [4.78, 5) is 27.6. The van der Waals surface area contributed by atoms with E-state index < -0.39 is 39.2 Å². The van der Waals surface area contributed by atoms with Gasteiger partial charge in [0, 0.05) is 11.6 Å². The molecule has 0 aromatic heterocycles. The average Bonchev–Trinajstić information content (AvgIpc) is 2.91. The first-order chi connectivity index (χ1) is 15.8. The summed E-state index contributed by atoms with van der Waals surface area (Å²) in [5.41, 5.74) is -1.01. The van der Waals surface area contributed by atoms with Gasteiger partial charge in [-0.1, -0.05) is 6.07 Å². The highest BCUT2D eigenvalue weighted by molar-refractivity contribution is 7.93. The van der Waals surface area contributed by atoms with E-state index >= 15 is 0 Å². The van der Waals surface area contributed by atoms with Crippen LogP contribution in [0.25, 0.3) is 0 Å². The number of hydrogen-bond acceptors (Lipinski definition) is 6. The number of hydrogen-bond donors (Lipinski definition) is 1. The predicted molar refractivity (Wildman–Crippen MR) is 119 cm³/mol. The Balaban J connectivity index is 1.77. The fourth-order valence-corrected chi connectivity index (χ4v) is 6.46. The molecule has 0 spiro atoms. The van der Waals surface area contributed by atoms with Crippen molar-refractivity contribution in [1.29, 1.82) is 5.26 Å². The summed E-state index contributed by atoms with van der Waals surface area (Å²) in [5.74, 6) is -1.49. The normalized spacial score (nSPS) is 19.2. The highest BCUT2D eigenvalue weighted by Crippen LogP contribution is 2.48. The minimum Gasteiger partial charge on any atom is -0.435 e. The van der Waals surface area contributed by atoms with Crippen LogP contribution < -0.4 is 15.0 Å². The zero-order chi connectivity index (χ0) is 25.1. The van der Waals surface area contributed by atoms with E-state index in [1.807, 2.05) is 6.07 Å². The number of nitrogens with one attached hydrogen (secondary N) is 1. The van der Waals surface area contributed by atoms with Crippen molar-refractivity contribution < 1.29 is 31.5 Å². The zero-order valence-corrected chi connectivity index (χ0v) is 19.4. The molecule has 1 N–H and O–H groups in total. The number of anilines is 2. The van der Waals surface area contributed by atoms with Crippen LogP contribution in [0.1, 0.15) is 42.3 Å². The van der Waals surface area contributed by atoms with Crippen LogP contribution >= 0.6 is 0 Å². The Morgan fingerprint density at radius 3 is 2.47 bits per heavy atom. The lowest BCUT2D eigenvalue weighted by Crippen LogP contribution is -2.63. The monoisotopic (exact) mass is 489 g/mol. The Morgan fingerprint density at radius 2 is 1.88 bits per heavy atom. The number of carbonyl (C=O) groups excluding carboxylic acids is 2. The number of nitrogens with zero attached hydrogens (tertiary/aromatic N) is 2. The van der Waals surface area contributed by atoms with Crippen molar-refractivity contribution in [2.75, 3.05) is 16.4 Å². The van der Waals surface area contributed by atoms with Gasteiger partial charge in [-0.3, -0.25) is 14.5 Å². The minimum absolute atomic E-state index is 0.0353. The van der Waals surface area contributed by atoms with Crippen molar-refractivity contribution in [2.45, 2.75) is 38.3 Å². The largest absolute Gasteiger partial charge is 0.435 e. The summed E-state index contributed by atoms with van der Waals surface area (Å²) < 4.78 is 52.9. The number of alkyl halides is 2. The number of benzene rings is 2. The molecule has 0 saturated carbocycles. The fraction of sp³-hybridized carbons (Fsp3) is 0.348. The third kappa shape index (κ3) is 3.98. The van der Waals surface area contributed by atoms with E-state index in [9.17, 15) is 32.0 Å². The van der Waals surface area contributed by atoms with Crippen molar-refractivity contribution >= 4 is 33.0 Å². The van der Waals surface area contributed by atoms with Gasteiger partial charge < -0.3 is 10.1 Å². The Hall–Kier alpha value is -3.52. The highest BCUT2D eigenvalue weighted by atomic mass is 32.2. The van der Waals surface area contributed by atoms with E-state index in [1.54, 1.807) is 20.8 Å². The minimum atomic E-state index is -3.19. The van der Waals surface area contributed by atoms with Crippen LogP contribution in [0.4, 0.5) is 20.2 Å². The molecule has 1 fully saturated rings. The first kappa shape index (κ1) is 23.6. The second-order valence-corrected chi connectivity index (χ2v) is 11.3. The third-order valence-electron chi connectivity index (χ3n) is 5.92. The molecular formula is C23H21F2N3O5S. The molecule has 0 bridgehead atoms. The molecule has 34 heavy (non-hydrogen) atoms. The van der Waals surface area contributed by atoms with Gasteiger partial charge in [0.25, 0.3) is 5.91 Å². The predicted octanol–water partition coefficient (Wildman–Crippen LogP) is 3.03. The van der Waals surface area contributed by atoms with Crippen LogP contribution in [0, 0.1) is 11.3 Å². The van der Waals surface area contributed by atoms with Crippen LogP contribution in [0.5, 0.6) is 5.75 Å². The molecule has 2 aliphatic heterocycles. The van der Waals surface area contributed by atoms with Gasteiger partial charge in [-0.05, 0) is 50.6 Å². The molecule has 2 aromatic carbocycles. The average molecular weight is 490 g/mol. The molecule has 2 amide bonds. The van der Waals surface area contributed by atoms with Gasteiger partial charge in [-0.25, -0.2) is 8.42 Å². The van der Waals surface area contributed by atoms with Gasteiger partial charge in [0.05, 0.1) is 39.4 Å². The van der Waals surface area contributed by atoms with Gasteiger partial charge in [-0.2, -0.15) is 14.0 Å². The zero-order valence-electron chi connectivity index (χ0n) is 18.6. The Bertz CT molecular complexity index is 1350. The maximum Gasteiger partial charge on any atom is 0.387 e. The quantitative estimate of drug-likeness (QED) is 0.690. The van der Waals surface area contributed by atoms with Crippen LogP contribution in [0.3, 0.4) is 0 Å². The molecule has 0 unspecified atom stereocenters. The van der Waals surface area contributed by atoms with Crippen LogP contribution in [0.15, 0.2) is 36.4 Å². The summed E-state index contributed by atoms with van der Waals surface area (Å²) in [5, 5.41) is 12.5. The first-order valence-corrected chi connectivity index (χ1v) is 12.1. The maximum absolute atomic E-state index is 13.4. The van der Waals surface area contributed by atoms with E-state index in [2.05, 4.69) is 10.1 Å². The first-order valence-electron chi connectivity index (χ1n) is 10.3. The highest BCUT2D eigenvalue weighted by Gasteiger charge is 2.48. The van der Waals surface area contributed by atoms with E-state index in [-0.39, 0.29) is 39.8 Å². The number of fused-ring (bicyclic) bond motifs is 1. The molecule has 0 aliphatic carbocycles. The van der Waals surface area contributed by atoms with Gasteiger partial charge >= 0.3 is 6.61 Å². The molecule has 11 heteroatoms. The summed E-state index contributed by atoms with van der Waals surface area (Å²) in [6.45, 7) is 1.84. The van der Waals surface area contributed by atoms with Crippen molar-refractivity contribution in [3.63, 3.8) is 0 Å². The fourth-order valence-electron chi connectivity index (χ4n) is 4.46. The van der Waals surface area contributed by atoms with E-state index in [0.29, 0.717) is 5.56 Å². The molecule has 8 nitrogen and oxygen atoms in total. The van der Waals surface area contributed by atoms with Crippen molar-refractivity contribution in [2.24, 2.45) is 0 Å². The molecule has 4 rings (SSSR count). The third-order valence-corrected chi connectivity index (χ3v) is 8.07. The number of sulfone groups is 1. The second kappa shape index (κ2) is 7.77. The van der Waals surface area contributed by atoms with Crippen LogP contribution in [-0.4, -0.2) is 43.9 Å². The van der Waals surface area contributed by atoms with Crippen molar-refractivity contribution in [3.05, 3.63) is 53.1 Å². The van der Waals surface area contributed by atoms with Gasteiger partial charge in [-0.15, -0.1) is 0 Å². The Kier molecular flexibility index (Phi) is 5.40. The number of ether oxygens (including phenoxy) is 1. The standard InChI is InChI=1S/C23H21F2N3O5S/c1-22(2)17-8-13(19(29)27-23(3)11-34(31,32)12-23)7-14(10-26)18(17)28(20(22)30)15-5-4-6-16(9-15)33-21(24)25/h4-9,21H,11-12H2,1-3H3,(H,27,29). The number of halogens is 2. The van der Waals surface area contributed by atoms with Crippen molar-refractivity contribution in [3.8, 4) is 11.8 Å². The summed E-state index contributed by atoms with van der Waals surface area (Å²) in [6, 6.07) is 10.4. The number of amides is 2. The van der Waals surface area contributed by atoms with Gasteiger partial charge in [0.15, 0.2) is 9.84 Å². The molecule has 0 radical (unpaired) electrons. The lowest BCUT2D eigenvalue weighted by atomic mass is 9.84. The topological polar surface area (TPSA) is 117 Å². The SMILES string of the molecule is CC1(NC(=O)c2cc(C#N)c3c(c2)C(C)(C)C(=O)N3c2cccc(OC(F)F)c2)CS(=O)(=O)C1. The van der Waals surface area contributed by atoms with Crippen LogP contribution in [0.2, 0.25) is 0 Å². The van der Waals surface area contributed by atoms with Crippen molar-refractivity contribution in [1.82, 2.24) is 5.32 Å². The maximum atomic E-state index is 13.4. The molecule has 2 aromatic rings. The number of nitriles is 1. The number of carbonyl (C=O) groups is 2. The Labute approximate surface area is 195 Å². The molecule has 2 heterocycles. The molecular weight excluding hydrogens is 468 g/mol. The smallest absolute Gasteiger partial charge is 0.387 e. The lowest BCUT2D eigenvalue weighted by molar-refractivity contribution is -0.121. The molecule has 1 saturated heterocycles.